The minimum atomic E-state index is -1.62. The summed E-state index contributed by atoms with van der Waals surface area (Å²) in [7, 11) is 0. The van der Waals surface area contributed by atoms with Crippen LogP contribution in [-0.4, -0.2) is 27.6 Å². The van der Waals surface area contributed by atoms with Crippen molar-refractivity contribution in [1.82, 2.24) is 0 Å². The van der Waals surface area contributed by atoms with E-state index in [1.807, 2.05) is 13.8 Å². The maximum absolute atomic E-state index is 9.85. The van der Waals surface area contributed by atoms with E-state index in [-0.39, 0.29) is 6.10 Å². The molecule has 0 aromatic rings. The van der Waals surface area contributed by atoms with Gasteiger partial charge in [0, 0.05) is 0 Å². The molecule has 0 heterocycles. The average molecular weight is 208 g/mol. The summed E-state index contributed by atoms with van der Waals surface area (Å²) in [6.45, 7) is 3.94. The summed E-state index contributed by atoms with van der Waals surface area (Å²) in [5.41, 5.74) is 0. The molecule has 2 nitrogen and oxygen atoms in total. The van der Waals surface area contributed by atoms with Gasteiger partial charge in [0.15, 0.2) is 0 Å². The van der Waals surface area contributed by atoms with Crippen LogP contribution in [0.1, 0.15) is 20.3 Å². The van der Waals surface area contributed by atoms with E-state index in [1.165, 1.54) is 0 Å². The van der Waals surface area contributed by atoms with Gasteiger partial charge in [-0.25, -0.2) is 0 Å². The maximum atomic E-state index is 9.85. The first-order valence-electron chi connectivity index (χ1n) is 2.34. The first kappa shape index (κ1) is 7.56. The van der Waals surface area contributed by atoms with Crippen molar-refractivity contribution in [2.24, 2.45) is 0 Å². The van der Waals surface area contributed by atoms with Gasteiger partial charge in [-0.15, -0.1) is 0 Å². The second kappa shape index (κ2) is 4.71. The molecule has 0 amide bonds. The molecule has 0 spiro atoms. The van der Waals surface area contributed by atoms with E-state index in [4.69, 9.17) is 3.07 Å². The van der Waals surface area contributed by atoms with Crippen molar-refractivity contribution in [2.75, 3.05) is 0 Å². The monoisotopic (exact) mass is 209 g/mol. The van der Waals surface area contributed by atoms with Gasteiger partial charge in [-0.05, 0) is 0 Å². The molecule has 0 aliphatic heterocycles. The SMILES string of the molecule is CCC(C)[O][Sn]=[O]. The molecule has 0 N–H and O–H groups in total. The molecular weight excluding hydrogens is 199 g/mol. The van der Waals surface area contributed by atoms with Crippen LogP contribution in [0.5, 0.6) is 0 Å². The Labute approximate surface area is 54.4 Å². The third-order valence-electron chi connectivity index (χ3n) is 0.824. The van der Waals surface area contributed by atoms with Gasteiger partial charge in [0.25, 0.3) is 0 Å². The molecule has 41 valence electrons. The number of hydrogen-bond donors (Lipinski definition) is 0. The zero-order valence-electron chi connectivity index (χ0n) is 4.60. The van der Waals surface area contributed by atoms with E-state index < -0.39 is 21.5 Å². The molecule has 0 saturated carbocycles. The van der Waals surface area contributed by atoms with Crippen LogP contribution in [-0.2, 0) is 6.15 Å². The van der Waals surface area contributed by atoms with Crippen LogP contribution in [0.4, 0.5) is 0 Å². The van der Waals surface area contributed by atoms with Crippen molar-refractivity contribution in [3.05, 3.63) is 0 Å². The van der Waals surface area contributed by atoms with Gasteiger partial charge < -0.3 is 0 Å². The van der Waals surface area contributed by atoms with E-state index >= 15 is 0 Å². The third-order valence-corrected chi connectivity index (χ3v) is 2.25. The van der Waals surface area contributed by atoms with E-state index in [0.29, 0.717) is 0 Å². The Bertz CT molecular complexity index is 55.7. The average Bonchev–Trinajstić information content (AvgIpc) is 1.68. The summed E-state index contributed by atoms with van der Waals surface area (Å²) in [5.74, 6) is 0. The molecule has 0 bridgehead atoms. The molecule has 0 saturated heterocycles. The van der Waals surface area contributed by atoms with Crippen LogP contribution in [0.15, 0.2) is 0 Å². The molecule has 1 unspecified atom stereocenters. The Morgan fingerprint density at radius 2 is 2.43 bits per heavy atom. The Morgan fingerprint density at radius 3 is 2.57 bits per heavy atom. The van der Waals surface area contributed by atoms with Crippen molar-refractivity contribution in [3.63, 3.8) is 0 Å². The zero-order valence-corrected chi connectivity index (χ0v) is 7.46. The van der Waals surface area contributed by atoms with Crippen LogP contribution in [0, 0.1) is 0 Å². The summed E-state index contributed by atoms with van der Waals surface area (Å²) >= 11 is -1.62. The molecule has 3 heteroatoms. The minimum absolute atomic E-state index is 0.212. The van der Waals surface area contributed by atoms with Crippen LogP contribution >= 0.6 is 0 Å². The van der Waals surface area contributed by atoms with Crippen LogP contribution in [0.25, 0.3) is 0 Å². The fourth-order valence-corrected chi connectivity index (χ4v) is 1.11. The van der Waals surface area contributed by atoms with Crippen LogP contribution < -0.4 is 0 Å². The molecule has 1 atom stereocenters. The van der Waals surface area contributed by atoms with Crippen molar-refractivity contribution in [2.45, 2.75) is 26.4 Å². The molecular formula is C4H9O2Sn. The second-order valence-corrected chi connectivity index (χ2v) is 2.57. The fraction of sp³-hybridized carbons (Fsp3) is 1.00. The zero-order chi connectivity index (χ0) is 5.70. The van der Waals surface area contributed by atoms with Crippen molar-refractivity contribution < 1.29 is 6.15 Å². The Hall–Kier alpha value is 0.559. The number of rotatable bonds is 3. The van der Waals surface area contributed by atoms with Crippen molar-refractivity contribution in [1.29, 1.82) is 0 Å². The summed E-state index contributed by atoms with van der Waals surface area (Å²) in [5, 5.41) is 0. The topological polar surface area (TPSA) is 26.3 Å². The quantitative estimate of drug-likeness (QED) is 0.640. The standard InChI is InChI=1S/C4H9O.O.Sn/c1-3-4(2)5;;/h4H,3H2,1-2H3;;/q-1;;+1. The Balaban J connectivity index is 2.98. The first-order chi connectivity index (χ1) is 3.31. The molecule has 0 aromatic heterocycles. The summed E-state index contributed by atoms with van der Waals surface area (Å²) < 4.78 is 14.7. The first-order valence-corrected chi connectivity index (χ1v) is 4.67. The molecule has 0 aliphatic rings. The fourth-order valence-electron chi connectivity index (χ4n) is 0.165. The predicted molar refractivity (Wildman–Crippen MR) is 27.3 cm³/mol. The molecule has 7 heavy (non-hydrogen) atoms. The van der Waals surface area contributed by atoms with Crippen LogP contribution in [0.2, 0.25) is 0 Å². The normalized spacial score (nSPS) is 13.4. The number of hydrogen-bond acceptors (Lipinski definition) is 2. The van der Waals surface area contributed by atoms with E-state index in [1.54, 1.807) is 0 Å². The molecule has 0 aromatic carbocycles. The van der Waals surface area contributed by atoms with Gasteiger partial charge in [0.2, 0.25) is 0 Å². The Morgan fingerprint density at radius 1 is 1.86 bits per heavy atom. The predicted octanol–water partition coefficient (Wildman–Crippen LogP) is 0.766. The summed E-state index contributed by atoms with van der Waals surface area (Å²) in [6.07, 6.45) is 1.17. The molecule has 1 radical (unpaired) electrons. The van der Waals surface area contributed by atoms with E-state index in [2.05, 4.69) is 0 Å². The van der Waals surface area contributed by atoms with E-state index in [0.717, 1.165) is 6.42 Å². The van der Waals surface area contributed by atoms with Crippen molar-refractivity contribution >= 4 is 21.5 Å². The second-order valence-electron chi connectivity index (χ2n) is 1.42. The molecule has 0 rings (SSSR count). The van der Waals surface area contributed by atoms with Crippen molar-refractivity contribution in [3.8, 4) is 0 Å². The molecule has 0 fully saturated rings. The summed E-state index contributed by atoms with van der Waals surface area (Å²) in [4.78, 5) is 0. The van der Waals surface area contributed by atoms with Gasteiger partial charge in [-0.3, -0.25) is 0 Å². The van der Waals surface area contributed by atoms with Gasteiger partial charge in [-0.1, -0.05) is 0 Å². The van der Waals surface area contributed by atoms with Crippen LogP contribution in [0.3, 0.4) is 0 Å². The molecule has 0 aliphatic carbocycles. The third kappa shape index (κ3) is 4.41. The van der Waals surface area contributed by atoms with Gasteiger partial charge in [-0.2, -0.15) is 0 Å². The Kier molecular flexibility index (Phi) is 5.09. The van der Waals surface area contributed by atoms with Gasteiger partial charge in [0.1, 0.15) is 0 Å². The van der Waals surface area contributed by atoms with E-state index in [9.17, 15) is 3.08 Å². The van der Waals surface area contributed by atoms with Gasteiger partial charge in [0.05, 0.1) is 0 Å². The summed E-state index contributed by atoms with van der Waals surface area (Å²) in [6, 6.07) is 0. The van der Waals surface area contributed by atoms with Gasteiger partial charge >= 0.3 is 54.1 Å².